The standard InChI is InChI=1S/C16H20O2/c1-16(9-11-3-5-13(16)7-11)18-15(17)14-8-10-2-4-12(14)6-10/h2,4,8,10-13H,3,5-7,9H2,1H3. The molecule has 4 rings (SSSR count). The van der Waals surface area contributed by atoms with Crippen molar-refractivity contribution in [1.29, 1.82) is 0 Å². The van der Waals surface area contributed by atoms with Crippen LogP contribution in [0.25, 0.3) is 0 Å². The quantitative estimate of drug-likeness (QED) is 0.550. The Morgan fingerprint density at radius 2 is 2.22 bits per heavy atom. The lowest BCUT2D eigenvalue weighted by Gasteiger charge is -2.34. The molecule has 0 amide bonds. The summed E-state index contributed by atoms with van der Waals surface area (Å²) in [5, 5.41) is 0. The van der Waals surface area contributed by atoms with E-state index in [1.54, 1.807) is 0 Å². The summed E-state index contributed by atoms with van der Waals surface area (Å²) in [6, 6.07) is 0. The molecule has 5 atom stereocenters. The summed E-state index contributed by atoms with van der Waals surface area (Å²) in [5.41, 5.74) is 0.748. The first-order valence-corrected chi connectivity index (χ1v) is 7.27. The number of carbonyl (C=O) groups is 1. The third-order valence-corrected chi connectivity index (χ3v) is 5.57. The van der Waals surface area contributed by atoms with Crippen molar-refractivity contribution in [3.8, 4) is 0 Å². The van der Waals surface area contributed by atoms with Crippen molar-refractivity contribution in [2.24, 2.45) is 23.7 Å². The molecule has 2 saturated carbocycles. The van der Waals surface area contributed by atoms with Gasteiger partial charge in [-0.05, 0) is 56.8 Å². The molecule has 0 aromatic heterocycles. The first kappa shape index (κ1) is 10.8. The van der Waals surface area contributed by atoms with Gasteiger partial charge < -0.3 is 4.74 Å². The fourth-order valence-corrected chi connectivity index (χ4v) is 4.61. The van der Waals surface area contributed by atoms with Gasteiger partial charge >= 0.3 is 5.97 Å². The average molecular weight is 244 g/mol. The van der Waals surface area contributed by atoms with Gasteiger partial charge in [0.2, 0.25) is 0 Å². The predicted octanol–water partition coefficient (Wildman–Crippen LogP) is 3.24. The van der Waals surface area contributed by atoms with E-state index in [1.165, 1.54) is 19.3 Å². The third kappa shape index (κ3) is 1.44. The molecule has 4 bridgehead atoms. The molecule has 2 heteroatoms. The molecule has 96 valence electrons. The molecule has 2 nitrogen and oxygen atoms in total. The molecule has 4 aliphatic rings. The average Bonchev–Trinajstić information content (AvgIpc) is 3.07. The summed E-state index contributed by atoms with van der Waals surface area (Å²) < 4.78 is 5.93. The smallest absolute Gasteiger partial charge is 0.334 e. The van der Waals surface area contributed by atoms with Crippen molar-refractivity contribution in [1.82, 2.24) is 0 Å². The van der Waals surface area contributed by atoms with E-state index in [9.17, 15) is 4.79 Å². The minimum atomic E-state index is -0.174. The van der Waals surface area contributed by atoms with Crippen molar-refractivity contribution in [3.05, 3.63) is 23.8 Å². The first-order valence-electron chi connectivity index (χ1n) is 7.27. The Balaban J connectivity index is 1.49. The topological polar surface area (TPSA) is 26.3 Å². The van der Waals surface area contributed by atoms with Crippen LogP contribution in [0.5, 0.6) is 0 Å². The lowest BCUT2D eigenvalue weighted by atomic mass is 9.85. The second-order valence-corrected chi connectivity index (χ2v) is 6.80. The van der Waals surface area contributed by atoms with Crippen molar-refractivity contribution in [3.63, 3.8) is 0 Å². The van der Waals surface area contributed by atoms with Gasteiger partial charge in [-0.25, -0.2) is 4.79 Å². The molecule has 0 N–H and O–H groups in total. The van der Waals surface area contributed by atoms with E-state index in [4.69, 9.17) is 4.74 Å². The number of allylic oxidation sites excluding steroid dienone is 3. The molecular weight excluding hydrogens is 224 g/mol. The van der Waals surface area contributed by atoms with Crippen LogP contribution >= 0.6 is 0 Å². The zero-order valence-electron chi connectivity index (χ0n) is 10.9. The molecule has 18 heavy (non-hydrogen) atoms. The summed E-state index contributed by atoms with van der Waals surface area (Å²) in [7, 11) is 0. The third-order valence-electron chi connectivity index (χ3n) is 5.57. The van der Waals surface area contributed by atoms with Gasteiger partial charge in [0.25, 0.3) is 0 Å². The van der Waals surface area contributed by atoms with Gasteiger partial charge in [-0.15, -0.1) is 0 Å². The Morgan fingerprint density at radius 3 is 2.78 bits per heavy atom. The number of rotatable bonds is 2. The van der Waals surface area contributed by atoms with Crippen molar-refractivity contribution < 1.29 is 9.53 Å². The predicted molar refractivity (Wildman–Crippen MR) is 68.8 cm³/mol. The lowest BCUT2D eigenvalue weighted by Crippen LogP contribution is -2.38. The highest BCUT2D eigenvalue weighted by Crippen LogP contribution is 2.53. The second kappa shape index (κ2) is 3.49. The van der Waals surface area contributed by atoms with Gasteiger partial charge in [-0.3, -0.25) is 0 Å². The molecule has 5 unspecified atom stereocenters. The normalized spacial score (nSPS) is 47.7. The molecule has 0 radical (unpaired) electrons. The molecule has 0 spiro atoms. The molecule has 0 aromatic carbocycles. The number of esters is 1. The summed E-state index contributed by atoms with van der Waals surface area (Å²) in [5.74, 6) is 2.21. The van der Waals surface area contributed by atoms with E-state index >= 15 is 0 Å². The molecule has 0 saturated heterocycles. The number of ether oxygens (including phenoxy) is 1. The first-order chi connectivity index (χ1) is 8.64. The van der Waals surface area contributed by atoms with Crippen LogP contribution in [-0.4, -0.2) is 11.6 Å². The van der Waals surface area contributed by atoms with Crippen molar-refractivity contribution in [2.75, 3.05) is 0 Å². The highest BCUT2D eigenvalue weighted by atomic mass is 16.6. The molecule has 0 heterocycles. The maximum atomic E-state index is 12.3. The molecular formula is C16H20O2. The molecule has 4 aliphatic carbocycles. The van der Waals surface area contributed by atoms with Crippen LogP contribution in [0, 0.1) is 23.7 Å². The Labute approximate surface area is 108 Å². The fourth-order valence-electron chi connectivity index (χ4n) is 4.61. The SMILES string of the molecule is CC1(OC(=O)C2=CC3C=CC2C3)CC2CCC1C2. The monoisotopic (exact) mass is 244 g/mol. The van der Waals surface area contributed by atoms with E-state index in [2.05, 4.69) is 25.2 Å². The van der Waals surface area contributed by atoms with Gasteiger partial charge in [0.15, 0.2) is 0 Å². The van der Waals surface area contributed by atoms with Crippen molar-refractivity contribution in [2.45, 2.75) is 44.6 Å². The fraction of sp³-hybridized carbons (Fsp3) is 0.688. The maximum Gasteiger partial charge on any atom is 0.334 e. The Kier molecular flexibility index (Phi) is 2.10. The Hall–Kier alpha value is -1.05. The second-order valence-electron chi connectivity index (χ2n) is 6.80. The Bertz CT molecular complexity index is 462. The summed E-state index contributed by atoms with van der Waals surface area (Å²) in [6.45, 7) is 2.15. The van der Waals surface area contributed by atoms with E-state index in [1.807, 2.05) is 0 Å². The van der Waals surface area contributed by atoms with E-state index in [0.29, 0.717) is 17.8 Å². The highest BCUT2D eigenvalue weighted by Gasteiger charge is 2.51. The van der Waals surface area contributed by atoms with Crippen LogP contribution < -0.4 is 0 Å². The van der Waals surface area contributed by atoms with E-state index in [-0.39, 0.29) is 11.6 Å². The zero-order chi connectivity index (χ0) is 12.3. The number of hydrogen-bond acceptors (Lipinski definition) is 2. The van der Waals surface area contributed by atoms with Crippen molar-refractivity contribution >= 4 is 5.97 Å². The van der Waals surface area contributed by atoms with Gasteiger partial charge in [0, 0.05) is 11.5 Å². The van der Waals surface area contributed by atoms with Gasteiger partial charge in [0.05, 0.1) is 0 Å². The van der Waals surface area contributed by atoms with E-state index in [0.717, 1.165) is 24.3 Å². The zero-order valence-corrected chi connectivity index (χ0v) is 10.9. The lowest BCUT2D eigenvalue weighted by molar-refractivity contribution is -0.158. The van der Waals surface area contributed by atoms with Crippen LogP contribution in [0.15, 0.2) is 23.8 Å². The summed E-state index contributed by atoms with van der Waals surface area (Å²) >= 11 is 0. The largest absolute Gasteiger partial charge is 0.456 e. The minimum absolute atomic E-state index is 0.0399. The van der Waals surface area contributed by atoms with Gasteiger partial charge in [0.1, 0.15) is 5.60 Å². The van der Waals surface area contributed by atoms with Crippen LogP contribution in [0.3, 0.4) is 0 Å². The van der Waals surface area contributed by atoms with Crippen LogP contribution in [-0.2, 0) is 9.53 Å². The maximum absolute atomic E-state index is 12.3. The highest BCUT2D eigenvalue weighted by molar-refractivity contribution is 5.91. The van der Waals surface area contributed by atoms with Crippen LogP contribution in [0.4, 0.5) is 0 Å². The minimum Gasteiger partial charge on any atom is -0.456 e. The van der Waals surface area contributed by atoms with Gasteiger partial charge in [-0.1, -0.05) is 18.2 Å². The molecule has 0 aliphatic heterocycles. The number of carbonyl (C=O) groups excluding carboxylic acids is 1. The summed E-state index contributed by atoms with van der Waals surface area (Å²) in [4.78, 5) is 12.3. The summed E-state index contributed by atoms with van der Waals surface area (Å²) in [6.07, 6.45) is 12.5. The molecule has 0 aromatic rings. The van der Waals surface area contributed by atoms with Crippen LogP contribution in [0.1, 0.15) is 39.0 Å². The Morgan fingerprint density at radius 1 is 1.33 bits per heavy atom. The number of fused-ring (bicyclic) bond motifs is 4. The van der Waals surface area contributed by atoms with Gasteiger partial charge in [-0.2, -0.15) is 0 Å². The number of hydrogen-bond donors (Lipinski definition) is 0. The van der Waals surface area contributed by atoms with Crippen LogP contribution in [0.2, 0.25) is 0 Å². The van der Waals surface area contributed by atoms with E-state index < -0.39 is 0 Å². The molecule has 2 fully saturated rings.